The first kappa shape index (κ1) is 57.5. The lowest BCUT2D eigenvalue weighted by molar-refractivity contribution is -0.141. The van der Waals surface area contributed by atoms with Crippen molar-refractivity contribution in [2.24, 2.45) is 50.9 Å². The molecular weight excluding hydrogens is 748 g/mol. The Balaban J connectivity index is -0.000000296. The number of hydrogen-bond donors (Lipinski definition) is 17. The van der Waals surface area contributed by atoms with Gasteiger partial charge in [-0.25, -0.2) is 0 Å². The molecule has 0 spiro atoms. The van der Waals surface area contributed by atoms with Gasteiger partial charge in [0.05, 0.1) is 12.6 Å². The van der Waals surface area contributed by atoms with Crippen LogP contribution in [0.2, 0.25) is 0 Å². The van der Waals surface area contributed by atoms with Gasteiger partial charge in [-0.05, 0) is 82.7 Å². The Bertz CT molecular complexity index is 1270. The van der Waals surface area contributed by atoms with Crippen molar-refractivity contribution >= 4 is 41.8 Å². The fraction of sp³-hybridized carbons (Fsp3) is 0.594. The number of carboxylic acids is 6. The van der Waals surface area contributed by atoms with Gasteiger partial charge in [-0.3, -0.25) is 33.8 Å². The molecule has 0 unspecified atom stereocenters. The van der Waals surface area contributed by atoms with Crippen LogP contribution in [-0.2, 0) is 35.2 Å². The molecule has 0 radical (unpaired) electrons. The van der Waals surface area contributed by atoms with E-state index in [1.54, 1.807) is 12.1 Å². The lowest BCUT2D eigenvalue weighted by Crippen LogP contribution is -2.39. The fourth-order valence-electron chi connectivity index (χ4n) is 3.35. The minimum absolute atomic E-state index is 0.0129. The summed E-state index contributed by atoms with van der Waals surface area (Å²) in [6, 6.07) is 2.46. The number of hydrogen-bond acceptors (Lipinski definition) is 16. The number of phenols is 1. The van der Waals surface area contributed by atoms with Gasteiger partial charge >= 0.3 is 35.8 Å². The number of nitrogens with two attached hydrogens (primary N) is 8. The van der Waals surface area contributed by atoms with Crippen molar-refractivity contribution in [1.82, 2.24) is 5.32 Å². The van der Waals surface area contributed by atoms with E-state index < -0.39 is 66.1 Å². The molecule has 0 amide bonds. The van der Waals surface area contributed by atoms with Crippen LogP contribution in [0.4, 0.5) is 0 Å². The van der Waals surface area contributed by atoms with Crippen molar-refractivity contribution in [2.45, 2.75) is 94.6 Å². The topological polar surface area (TPSA) is 497 Å². The minimum atomic E-state index is -1.18. The van der Waals surface area contributed by atoms with E-state index in [2.05, 4.69) is 16.0 Å². The van der Waals surface area contributed by atoms with Crippen LogP contribution in [0.3, 0.4) is 0 Å². The summed E-state index contributed by atoms with van der Waals surface area (Å²) in [5.41, 5.74) is 41.3. The summed E-state index contributed by atoms with van der Waals surface area (Å²) >= 11 is 0. The molecule has 1 saturated heterocycles. The van der Waals surface area contributed by atoms with E-state index in [9.17, 15) is 28.8 Å². The highest BCUT2D eigenvalue weighted by atomic mass is 16.4. The third-order valence-electron chi connectivity index (χ3n) is 6.62. The number of aliphatic hydroxyl groups excluding tert-OH is 1. The number of aromatic hydroxyl groups is 1. The van der Waals surface area contributed by atoms with Gasteiger partial charge in [-0.2, -0.15) is 0 Å². The molecule has 1 aromatic carbocycles. The second kappa shape index (κ2) is 35.5. The first-order valence-electron chi connectivity index (χ1n) is 17.0. The van der Waals surface area contributed by atoms with E-state index >= 15 is 0 Å². The summed E-state index contributed by atoms with van der Waals surface area (Å²) in [6.45, 7) is 2.94. The lowest BCUT2D eigenvalue weighted by atomic mass is 10.1. The summed E-state index contributed by atoms with van der Waals surface area (Å²) in [5, 5.41) is 69.5. The Hall–Kier alpha value is -5.21. The zero-order valence-electron chi connectivity index (χ0n) is 31.4. The first-order valence-corrected chi connectivity index (χ1v) is 17.0. The SMILES string of the molecule is C[C@@H](O)[C@H](N)C(=O)O.NC(N)=NCCC[C@H](N)C(=O)O.NCC(=O)O.NCCCC[C@H](N)C(=O)O.N[C@@H](Cc1ccc(O)cc1)C(=O)O.O=C(O)[C@@H]1CCCN1. The molecule has 0 aliphatic carbocycles. The zero-order chi connectivity index (χ0) is 44.4. The van der Waals surface area contributed by atoms with Crippen molar-refractivity contribution in [2.75, 3.05) is 26.2 Å². The zero-order valence-corrected chi connectivity index (χ0v) is 31.4. The average Bonchev–Trinajstić information content (AvgIpc) is 3.68. The summed E-state index contributed by atoms with van der Waals surface area (Å²) < 4.78 is 0. The molecule has 0 saturated carbocycles. The predicted molar refractivity (Wildman–Crippen MR) is 204 cm³/mol. The summed E-state index contributed by atoms with van der Waals surface area (Å²) in [4.78, 5) is 63.7. The van der Waals surface area contributed by atoms with Crippen LogP contribution in [0.1, 0.15) is 57.4 Å². The Kier molecular flexibility index (Phi) is 36.4. The molecule has 2 rings (SSSR count). The Morgan fingerprint density at radius 3 is 1.52 bits per heavy atom. The number of guanidine groups is 1. The monoisotopic (exact) mass is 810 g/mol. The van der Waals surface area contributed by atoms with Crippen molar-refractivity contribution < 1.29 is 69.6 Å². The van der Waals surface area contributed by atoms with Gasteiger partial charge in [0, 0.05) is 6.54 Å². The highest BCUT2D eigenvalue weighted by molar-refractivity contribution is 5.76. The van der Waals surface area contributed by atoms with Gasteiger partial charge in [0.15, 0.2) is 5.96 Å². The first-order chi connectivity index (χ1) is 25.9. The molecular formula is C32H62N10O14. The normalized spacial score (nSPS) is 15.0. The molecule has 0 aromatic heterocycles. The van der Waals surface area contributed by atoms with Crippen molar-refractivity contribution in [3.05, 3.63) is 29.8 Å². The maximum absolute atomic E-state index is 10.4. The molecule has 1 aromatic rings. The maximum atomic E-state index is 10.4. The number of rotatable bonds is 17. The number of nitrogens with zero attached hydrogens (tertiary/aromatic N) is 1. The number of benzene rings is 1. The van der Waals surface area contributed by atoms with Crippen LogP contribution in [0.15, 0.2) is 29.3 Å². The number of carbonyl (C=O) groups is 6. The number of carboxylic acid groups (broad SMARTS) is 6. The standard InChI is InChI=1S/C9H11NO3.C6H14N4O2.C6H14N2O2.C5H9NO2.C4H9NO3.C2H5NO2/c10-8(9(12)13)5-6-1-3-7(11)4-2-6;7-4(5(11)12)2-1-3-10-6(8)9;7-4-2-1-3-5(8)6(9)10;7-5(8)4-2-1-3-6-4;1-2(6)3(5)4(7)8;3-1-2(4)5/h1-4,8,11H,5,10H2,(H,12,13);4H,1-3,7H2,(H,11,12)(H4,8,9,10);5H,1-4,7-8H2,(H,9,10);4,6H,1-3H2,(H,7,8);2-3,6H,5H2,1H3,(H,7,8);1,3H2,(H,4,5)/t8-;4-;5-;4-;2-,3+;/m00001./s1. The number of aliphatic hydroxyl groups is 1. The van der Waals surface area contributed by atoms with Gasteiger partial charge in [0.2, 0.25) is 0 Å². The maximum Gasteiger partial charge on any atom is 0.323 e. The van der Waals surface area contributed by atoms with E-state index in [1.165, 1.54) is 19.1 Å². The highest BCUT2D eigenvalue weighted by Gasteiger charge is 2.20. The van der Waals surface area contributed by atoms with Crippen LogP contribution < -0.4 is 51.2 Å². The molecule has 6 atom stereocenters. The van der Waals surface area contributed by atoms with Gasteiger partial charge < -0.3 is 92.0 Å². The second-order valence-corrected chi connectivity index (χ2v) is 11.6. The molecule has 0 bridgehead atoms. The van der Waals surface area contributed by atoms with E-state index in [4.69, 9.17) is 81.0 Å². The average molecular weight is 811 g/mol. The third-order valence-corrected chi connectivity index (χ3v) is 6.62. The quantitative estimate of drug-likeness (QED) is 0.0404. The predicted octanol–water partition coefficient (Wildman–Crippen LogP) is -4.04. The molecule has 25 N–H and O–H groups in total. The molecule has 1 fully saturated rings. The number of aliphatic imine (C=N–C) groups is 1. The number of aliphatic carboxylic acids is 6. The van der Waals surface area contributed by atoms with Crippen LogP contribution in [-0.4, -0.2) is 145 Å². The number of nitrogens with one attached hydrogen (secondary N) is 1. The Labute approximate surface area is 323 Å². The van der Waals surface area contributed by atoms with Crippen LogP contribution in [0.5, 0.6) is 5.75 Å². The van der Waals surface area contributed by atoms with E-state index in [-0.39, 0.29) is 30.7 Å². The van der Waals surface area contributed by atoms with Crippen LogP contribution in [0.25, 0.3) is 0 Å². The minimum Gasteiger partial charge on any atom is -0.508 e. The lowest BCUT2D eigenvalue weighted by Gasteiger charge is -2.06. The smallest absolute Gasteiger partial charge is 0.323 e. The Morgan fingerprint density at radius 1 is 0.768 bits per heavy atom. The van der Waals surface area contributed by atoms with E-state index in [0.29, 0.717) is 32.4 Å². The highest BCUT2D eigenvalue weighted by Crippen LogP contribution is 2.10. The van der Waals surface area contributed by atoms with E-state index in [0.717, 1.165) is 37.8 Å². The van der Waals surface area contributed by atoms with Crippen LogP contribution >= 0.6 is 0 Å². The van der Waals surface area contributed by atoms with Gasteiger partial charge in [0.1, 0.15) is 36.0 Å². The largest absolute Gasteiger partial charge is 0.508 e. The summed E-state index contributed by atoms with van der Waals surface area (Å²) in [6.07, 6.45) is 4.20. The second-order valence-electron chi connectivity index (χ2n) is 11.6. The Morgan fingerprint density at radius 2 is 1.23 bits per heavy atom. The van der Waals surface area contributed by atoms with Crippen molar-refractivity contribution in [3.8, 4) is 5.75 Å². The van der Waals surface area contributed by atoms with Gasteiger partial charge in [0.25, 0.3) is 0 Å². The molecule has 1 aliphatic rings. The summed E-state index contributed by atoms with van der Waals surface area (Å²) in [5.74, 6) is -5.65. The molecule has 56 heavy (non-hydrogen) atoms. The van der Waals surface area contributed by atoms with Crippen LogP contribution in [0, 0.1) is 0 Å². The number of phenolic OH excluding ortho intramolecular Hbond substituents is 1. The van der Waals surface area contributed by atoms with Crippen molar-refractivity contribution in [3.63, 3.8) is 0 Å². The van der Waals surface area contributed by atoms with E-state index in [1.807, 2.05) is 0 Å². The number of unbranched alkanes of at least 4 members (excludes halogenated alkanes) is 1. The van der Waals surface area contributed by atoms with Crippen molar-refractivity contribution in [1.29, 1.82) is 0 Å². The molecule has 1 aliphatic heterocycles. The molecule has 24 heteroatoms. The van der Waals surface area contributed by atoms with Gasteiger partial charge in [-0.15, -0.1) is 0 Å². The summed E-state index contributed by atoms with van der Waals surface area (Å²) in [7, 11) is 0. The molecule has 1 heterocycles. The van der Waals surface area contributed by atoms with Gasteiger partial charge in [-0.1, -0.05) is 18.6 Å². The third kappa shape index (κ3) is 38.5. The fourth-order valence-corrected chi connectivity index (χ4v) is 3.35. The molecule has 24 nitrogen and oxygen atoms in total. The molecule has 324 valence electrons.